The zero-order chi connectivity index (χ0) is 7.11. The van der Waals surface area contributed by atoms with E-state index in [4.69, 9.17) is 16.9 Å². The van der Waals surface area contributed by atoms with Gasteiger partial charge in [0.1, 0.15) is 0 Å². The van der Waals surface area contributed by atoms with Crippen LogP contribution in [0.2, 0.25) is 0 Å². The van der Waals surface area contributed by atoms with Crippen LogP contribution < -0.4 is 11.4 Å². The molecule has 0 unspecified atom stereocenters. The molecule has 0 saturated heterocycles. The number of nitrogens with one attached hydrogen (secondary N) is 1. The van der Waals surface area contributed by atoms with Gasteiger partial charge >= 0.3 is 0 Å². The number of nitrogens with two attached hydrogens (primary N) is 1. The smallest absolute Gasteiger partial charge is 0.0143 e. The minimum atomic E-state index is 0.431. The molecule has 0 heterocycles. The second-order valence-corrected chi connectivity index (χ2v) is 0.776. The summed E-state index contributed by atoms with van der Waals surface area (Å²) in [6, 6.07) is 0. The van der Waals surface area contributed by atoms with Gasteiger partial charge in [0, 0.05) is 10.4 Å². The molecule has 0 bridgehead atoms. The molecule has 48 valence electrons. The van der Waals surface area contributed by atoms with E-state index >= 15 is 0 Å². The van der Waals surface area contributed by atoms with Crippen molar-refractivity contribution in [1.82, 2.24) is 10.8 Å². The zero-order valence-electron chi connectivity index (χ0n) is 4.21. The third-order valence-corrected chi connectivity index (χ3v) is 0.365. The molecule has 0 radical (unpaired) electrons. The van der Waals surface area contributed by atoms with Gasteiger partial charge in [-0.3, -0.25) is 0 Å². The number of hydrogen-bond acceptors (Lipinski definition) is 4. The fourth-order valence-electron chi connectivity index (χ4n) is 0.145. The van der Waals surface area contributed by atoms with Crippen LogP contribution in [0.5, 0.6) is 0 Å². The molecule has 0 fully saturated rings. The zero-order valence-corrected chi connectivity index (χ0v) is 4.21. The molecule has 9 heavy (non-hydrogen) atoms. The van der Waals surface area contributed by atoms with Crippen molar-refractivity contribution in [3.63, 3.8) is 0 Å². The van der Waals surface area contributed by atoms with E-state index in [-0.39, 0.29) is 0 Å². The fourth-order valence-corrected chi connectivity index (χ4v) is 0.145. The molecule has 0 spiro atoms. The molecule has 0 aliphatic rings. The Kier molecular flexibility index (Phi) is 3.67. The van der Waals surface area contributed by atoms with Gasteiger partial charge in [-0.1, -0.05) is 10.8 Å². The van der Waals surface area contributed by atoms with Crippen molar-refractivity contribution in [2.45, 2.75) is 0 Å². The average molecular weight is 129 g/mol. The number of nitrogens with zero attached hydrogens (tertiary/aromatic N) is 7. The summed E-state index contributed by atoms with van der Waals surface area (Å²) in [6.45, 7) is 0. The Bertz CT molecular complexity index is 135. The third-order valence-electron chi connectivity index (χ3n) is 0.365. The van der Waals surface area contributed by atoms with Crippen molar-refractivity contribution >= 4 is 0 Å². The molecule has 0 atom stereocenters. The molecule has 0 amide bonds. The van der Waals surface area contributed by atoms with Gasteiger partial charge in [0.2, 0.25) is 0 Å². The van der Waals surface area contributed by atoms with Gasteiger partial charge in [-0.25, -0.2) is 5.84 Å². The Hall–Kier alpha value is -1.66. The van der Waals surface area contributed by atoms with E-state index in [9.17, 15) is 0 Å². The Balaban J connectivity index is 3.97. The second kappa shape index (κ2) is 4.50. The van der Waals surface area contributed by atoms with Crippen molar-refractivity contribution in [2.75, 3.05) is 0 Å². The Labute approximate surface area is 49.2 Å². The largest absolute Gasteiger partial charge is 0.235 e. The van der Waals surface area contributed by atoms with E-state index in [1.165, 1.54) is 0 Å². The average Bonchev–Trinajstić information content (AvgIpc) is 1.88. The van der Waals surface area contributed by atoms with E-state index in [1.54, 1.807) is 5.53 Å². The minimum Gasteiger partial charge on any atom is -0.235 e. The molecule has 0 aromatic rings. The van der Waals surface area contributed by atoms with Gasteiger partial charge in [0.15, 0.2) is 0 Å². The molecule has 0 aliphatic carbocycles. The van der Waals surface area contributed by atoms with Crippen LogP contribution in [-0.4, -0.2) is 5.23 Å². The summed E-state index contributed by atoms with van der Waals surface area (Å²) in [5.41, 5.74) is 17.3. The summed E-state index contributed by atoms with van der Waals surface area (Å²) in [5, 5.41) is 6.01. The lowest BCUT2D eigenvalue weighted by atomic mass is 12.1. The minimum absolute atomic E-state index is 0.431. The second-order valence-electron chi connectivity index (χ2n) is 0.776. The first kappa shape index (κ1) is 7.34. The number of azide groups is 1. The van der Waals surface area contributed by atoms with Crippen molar-refractivity contribution in [1.29, 1.82) is 0 Å². The highest BCUT2D eigenvalue weighted by Gasteiger charge is 1.88. The van der Waals surface area contributed by atoms with Gasteiger partial charge in [0.25, 0.3) is 0 Å². The SMILES string of the molecule is [N-]=[N+]=NN(N=[N+]=[N-])NN. The van der Waals surface area contributed by atoms with Crippen molar-refractivity contribution in [3.8, 4) is 0 Å². The maximum absolute atomic E-state index is 7.73. The van der Waals surface area contributed by atoms with Crippen LogP contribution in [0.3, 0.4) is 0 Å². The molecule has 0 saturated carbocycles. The van der Waals surface area contributed by atoms with Gasteiger partial charge in [-0.15, -0.1) is 11.1 Å². The first-order valence-electron chi connectivity index (χ1n) is 1.71. The van der Waals surface area contributed by atoms with Crippen LogP contribution in [0, 0.1) is 0 Å². The van der Waals surface area contributed by atoms with Crippen LogP contribution in [0.4, 0.5) is 0 Å². The molecule has 0 aliphatic heterocycles. The third kappa shape index (κ3) is 2.97. The normalized spacial score (nSPS) is 6.78. The predicted molar refractivity (Wildman–Crippen MR) is 27.5 cm³/mol. The molecule has 3 N–H and O–H groups in total. The monoisotopic (exact) mass is 129 g/mol. The van der Waals surface area contributed by atoms with E-state index in [2.05, 4.69) is 20.3 Å². The lowest BCUT2D eigenvalue weighted by Crippen LogP contribution is -2.34. The van der Waals surface area contributed by atoms with Crippen molar-refractivity contribution in [2.24, 2.45) is 16.3 Å². The van der Waals surface area contributed by atoms with Crippen LogP contribution in [-0.2, 0) is 0 Å². The molecular formula is H3N9. The van der Waals surface area contributed by atoms with Crippen LogP contribution in [0.15, 0.2) is 10.4 Å². The summed E-state index contributed by atoms with van der Waals surface area (Å²) in [6.07, 6.45) is 0. The van der Waals surface area contributed by atoms with Crippen LogP contribution >= 0.6 is 0 Å². The van der Waals surface area contributed by atoms with E-state index in [0.29, 0.717) is 5.23 Å². The lowest BCUT2D eigenvalue weighted by molar-refractivity contribution is 0.199. The summed E-state index contributed by atoms with van der Waals surface area (Å²) >= 11 is 0. The highest BCUT2D eigenvalue weighted by atomic mass is 15.9. The molecule has 9 heteroatoms. The first-order chi connectivity index (χ1) is 4.35. The Morgan fingerprint density at radius 3 is 2.00 bits per heavy atom. The standard InChI is InChI=1S/H3N9/c1-4-7-9(6-3)8-5-2/h6H,3H2. The van der Waals surface area contributed by atoms with E-state index in [1.807, 2.05) is 0 Å². The van der Waals surface area contributed by atoms with Crippen LogP contribution in [0.1, 0.15) is 0 Å². The van der Waals surface area contributed by atoms with E-state index < -0.39 is 0 Å². The van der Waals surface area contributed by atoms with Gasteiger partial charge in [-0.2, -0.15) is 9.82 Å². The fraction of sp³-hybridized carbons (Fsp3) is 0. The summed E-state index contributed by atoms with van der Waals surface area (Å²) in [5.74, 6) is 4.69. The highest BCUT2D eigenvalue weighted by molar-refractivity contribution is 4.39. The maximum atomic E-state index is 7.73. The predicted octanol–water partition coefficient (Wildman–Crippen LogP) is 0.117. The number of hydrazine groups is 2. The molecule has 0 aromatic carbocycles. The lowest BCUT2D eigenvalue weighted by Gasteiger charge is -1.99. The number of rotatable bonds is 3. The molecular weight excluding hydrogens is 126 g/mol. The summed E-state index contributed by atoms with van der Waals surface area (Å²) in [4.78, 5) is 4.54. The maximum Gasteiger partial charge on any atom is 0.0143 e. The molecule has 0 aromatic heterocycles. The Morgan fingerprint density at radius 2 is 1.78 bits per heavy atom. The van der Waals surface area contributed by atoms with Crippen molar-refractivity contribution < 1.29 is 0 Å². The quantitative estimate of drug-likeness (QED) is 0.184. The van der Waals surface area contributed by atoms with Crippen molar-refractivity contribution in [3.05, 3.63) is 20.9 Å². The molecule has 9 nitrogen and oxygen atoms in total. The number of hydrogen-bond donors (Lipinski definition) is 2. The first-order valence-corrected chi connectivity index (χ1v) is 1.71. The van der Waals surface area contributed by atoms with Gasteiger partial charge in [0.05, 0.1) is 0 Å². The van der Waals surface area contributed by atoms with Gasteiger partial charge in [-0.05, 0) is 0 Å². The topological polar surface area (TPSA) is 139 Å². The summed E-state index contributed by atoms with van der Waals surface area (Å²) in [7, 11) is 0. The van der Waals surface area contributed by atoms with Gasteiger partial charge < -0.3 is 0 Å². The summed E-state index contributed by atoms with van der Waals surface area (Å²) < 4.78 is 0. The van der Waals surface area contributed by atoms with Crippen LogP contribution in [0.25, 0.3) is 20.9 Å². The Morgan fingerprint density at radius 1 is 1.33 bits per heavy atom. The highest BCUT2D eigenvalue weighted by Crippen LogP contribution is 1.81. The molecule has 0 rings (SSSR count). The van der Waals surface area contributed by atoms with E-state index in [0.717, 1.165) is 0 Å².